The third kappa shape index (κ3) is 5.35. The van der Waals surface area contributed by atoms with Crippen LogP contribution in [0.5, 0.6) is 0 Å². The van der Waals surface area contributed by atoms with Gasteiger partial charge in [-0.05, 0) is 0 Å². The van der Waals surface area contributed by atoms with E-state index in [-0.39, 0.29) is 0 Å². The maximum absolute atomic E-state index is 3.80. The third-order valence-corrected chi connectivity index (χ3v) is 7.61. The fourth-order valence-electron chi connectivity index (χ4n) is 2.44. The van der Waals surface area contributed by atoms with Crippen LogP contribution in [0.1, 0.15) is 16.7 Å². The molecule has 0 radical (unpaired) electrons. The van der Waals surface area contributed by atoms with Gasteiger partial charge in [0.2, 0.25) is 0 Å². The topological polar surface area (TPSA) is 0 Å². The normalized spacial score (nSPS) is 10.1. The molecule has 3 aromatic carbocycles. The molecule has 2 heteroatoms. The average molecular weight is 454 g/mol. The van der Waals surface area contributed by atoms with Crippen molar-refractivity contribution in [3.8, 4) is 0 Å². The van der Waals surface area contributed by atoms with Crippen molar-refractivity contribution in [2.75, 3.05) is 0 Å². The van der Waals surface area contributed by atoms with Crippen LogP contribution < -0.4 is 0 Å². The molecule has 3 rings (SSSR count). The molecular formula is C23H20Se2. The Labute approximate surface area is 163 Å². The Balaban J connectivity index is 1.99. The molecule has 0 aliphatic rings. The quantitative estimate of drug-likeness (QED) is 0.349. The van der Waals surface area contributed by atoms with Gasteiger partial charge in [0.15, 0.2) is 0 Å². The molecule has 0 aliphatic heterocycles. The molecule has 0 fully saturated rings. The fourth-order valence-corrected chi connectivity index (χ4v) is 6.04. The van der Waals surface area contributed by atoms with E-state index >= 15 is 0 Å². The molecule has 0 bridgehead atoms. The Morgan fingerprint density at radius 3 is 1.68 bits per heavy atom. The van der Waals surface area contributed by atoms with Gasteiger partial charge in [-0.15, -0.1) is 0 Å². The first-order valence-electron chi connectivity index (χ1n) is 8.19. The van der Waals surface area contributed by atoms with Gasteiger partial charge in [0, 0.05) is 0 Å². The molecule has 0 spiro atoms. The monoisotopic (exact) mass is 456 g/mol. The Kier molecular flexibility index (Phi) is 6.95. The standard InChI is InChI=1S/C23H20Se2/c1-24-22(20-13-7-3-8-14-20)17-23(21-15-9-4-10-16-21)25-18-19-11-5-2-6-12-19/h2-16H,18H2,1H3. The number of hydrogen-bond donors (Lipinski definition) is 0. The molecule has 0 unspecified atom stereocenters. The molecule has 0 nitrogen and oxygen atoms in total. The van der Waals surface area contributed by atoms with Gasteiger partial charge in [0.25, 0.3) is 0 Å². The van der Waals surface area contributed by atoms with E-state index in [0.717, 1.165) is 5.32 Å². The van der Waals surface area contributed by atoms with E-state index in [4.69, 9.17) is 0 Å². The van der Waals surface area contributed by atoms with E-state index in [2.05, 4.69) is 103 Å². The summed E-state index contributed by atoms with van der Waals surface area (Å²) in [6.45, 7) is 0. The van der Waals surface area contributed by atoms with E-state index in [1.807, 2.05) is 0 Å². The summed E-state index contributed by atoms with van der Waals surface area (Å²) in [6, 6.07) is 32.2. The second kappa shape index (κ2) is 9.64. The Morgan fingerprint density at radius 1 is 0.680 bits per heavy atom. The summed E-state index contributed by atoms with van der Waals surface area (Å²) in [7, 11) is 0. The average Bonchev–Trinajstić information content (AvgIpc) is 2.70. The zero-order valence-corrected chi connectivity index (χ0v) is 17.6. The Hall–Kier alpha value is -1.78. The van der Waals surface area contributed by atoms with Crippen molar-refractivity contribution in [3.63, 3.8) is 0 Å². The van der Waals surface area contributed by atoms with Crippen LogP contribution in [0.25, 0.3) is 8.94 Å². The summed E-state index contributed by atoms with van der Waals surface area (Å²) in [6.07, 6.45) is 0. The van der Waals surface area contributed by atoms with Gasteiger partial charge in [-0.3, -0.25) is 0 Å². The number of hydrogen-bond acceptors (Lipinski definition) is 0. The first-order chi connectivity index (χ1) is 12.4. The molecule has 25 heavy (non-hydrogen) atoms. The minimum atomic E-state index is 0.355. The molecule has 0 heterocycles. The van der Waals surface area contributed by atoms with Crippen LogP contribution in [0.4, 0.5) is 0 Å². The van der Waals surface area contributed by atoms with Crippen molar-refractivity contribution >= 4 is 38.9 Å². The van der Waals surface area contributed by atoms with Gasteiger partial charge in [-0.2, -0.15) is 0 Å². The van der Waals surface area contributed by atoms with Crippen LogP contribution >= 0.6 is 0 Å². The van der Waals surface area contributed by atoms with Crippen LogP contribution in [0.3, 0.4) is 0 Å². The van der Waals surface area contributed by atoms with E-state index < -0.39 is 0 Å². The molecule has 0 atom stereocenters. The van der Waals surface area contributed by atoms with Gasteiger partial charge in [-0.1, -0.05) is 0 Å². The van der Waals surface area contributed by atoms with Crippen LogP contribution in [-0.4, -0.2) is 29.9 Å². The van der Waals surface area contributed by atoms with E-state index in [0.29, 0.717) is 29.9 Å². The van der Waals surface area contributed by atoms with E-state index in [1.54, 1.807) is 0 Å². The molecule has 0 saturated carbocycles. The molecule has 0 saturated heterocycles. The van der Waals surface area contributed by atoms with Crippen LogP contribution in [0.15, 0.2) is 96.7 Å². The molecule has 0 aliphatic carbocycles. The van der Waals surface area contributed by atoms with E-state index in [9.17, 15) is 0 Å². The molecule has 0 amide bonds. The molecule has 124 valence electrons. The SMILES string of the molecule is C[Se]C(=C=C([Se]Cc1ccccc1)c1ccccc1)c1ccccc1. The van der Waals surface area contributed by atoms with Crippen molar-refractivity contribution in [1.29, 1.82) is 0 Å². The van der Waals surface area contributed by atoms with E-state index in [1.165, 1.54) is 25.6 Å². The zero-order chi connectivity index (χ0) is 17.3. The van der Waals surface area contributed by atoms with Gasteiger partial charge in [0.1, 0.15) is 0 Å². The second-order valence-electron chi connectivity index (χ2n) is 5.49. The van der Waals surface area contributed by atoms with Crippen LogP contribution in [-0.2, 0) is 5.32 Å². The summed E-state index contributed by atoms with van der Waals surface area (Å²) >= 11 is 0.762. The maximum atomic E-state index is 3.80. The Bertz CT molecular complexity index is 846. The predicted octanol–water partition coefficient (Wildman–Crippen LogP) is 5.32. The predicted molar refractivity (Wildman–Crippen MR) is 111 cm³/mol. The number of rotatable bonds is 6. The number of benzene rings is 3. The third-order valence-electron chi connectivity index (χ3n) is 3.73. The van der Waals surface area contributed by atoms with Gasteiger partial charge in [0.05, 0.1) is 0 Å². The first kappa shape index (κ1) is 18.0. The molecular weight excluding hydrogens is 434 g/mol. The van der Waals surface area contributed by atoms with Crippen molar-refractivity contribution in [2.24, 2.45) is 0 Å². The summed E-state index contributed by atoms with van der Waals surface area (Å²) in [5.41, 5.74) is 7.80. The fraction of sp³-hybridized carbons (Fsp3) is 0.0870. The second-order valence-corrected chi connectivity index (χ2v) is 9.27. The zero-order valence-electron chi connectivity index (χ0n) is 14.2. The summed E-state index contributed by atoms with van der Waals surface area (Å²) in [5, 5.41) is 1.10. The summed E-state index contributed by atoms with van der Waals surface area (Å²) < 4.78 is 2.71. The van der Waals surface area contributed by atoms with Crippen molar-refractivity contribution < 1.29 is 0 Å². The molecule has 3 aromatic rings. The van der Waals surface area contributed by atoms with Crippen molar-refractivity contribution in [3.05, 3.63) is 113 Å². The molecule has 0 aromatic heterocycles. The van der Waals surface area contributed by atoms with Crippen molar-refractivity contribution in [2.45, 2.75) is 11.1 Å². The van der Waals surface area contributed by atoms with Gasteiger partial charge >= 0.3 is 163 Å². The minimum absolute atomic E-state index is 0.355. The van der Waals surface area contributed by atoms with Gasteiger partial charge in [-0.25, -0.2) is 0 Å². The summed E-state index contributed by atoms with van der Waals surface area (Å²) in [5.74, 6) is 2.27. The van der Waals surface area contributed by atoms with Crippen LogP contribution in [0.2, 0.25) is 5.82 Å². The van der Waals surface area contributed by atoms with Crippen LogP contribution in [0, 0.1) is 0 Å². The van der Waals surface area contributed by atoms with Crippen molar-refractivity contribution in [1.82, 2.24) is 0 Å². The van der Waals surface area contributed by atoms with Gasteiger partial charge < -0.3 is 0 Å². The molecule has 0 N–H and O–H groups in total. The summed E-state index contributed by atoms with van der Waals surface area (Å²) in [4.78, 5) is 0. The first-order valence-corrected chi connectivity index (χ1v) is 12.8. The Morgan fingerprint density at radius 2 is 1.16 bits per heavy atom.